The van der Waals surface area contributed by atoms with Crippen molar-refractivity contribution in [1.82, 2.24) is 9.91 Å². The summed E-state index contributed by atoms with van der Waals surface area (Å²) in [6.45, 7) is 13.8. The monoisotopic (exact) mass is 493 g/mol. The third-order valence-electron chi connectivity index (χ3n) is 9.73. The van der Waals surface area contributed by atoms with E-state index in [9.17, 15) is 10.5 Å². The first-order chi connectivity index (χ1) is 17.7. The lowest BCUT2D eigenvalue weighted by molar-refractivity contribution is -0.00104. The predicted molar refractivity (Wildman–Crippen MR) is 142 cm³/mol. The maximum Gasteiger partial charge on any atom is 0.246 e. The quantitative estimate of drug-likeness (QED) is 0.623. The molecule has 3 heterocycles. The molecule has 0 aromatic heterocycles. The highest BCUT2D eigenvalue weighted by Gasteiger charge is 2.81. The average Bonchev–Trinajstić information content (AvgIpc) is 3.41. The van der Waals surface area contributed by atoms with Crippen LogP contribution in [0.2, 0.25) is 0 Å². The Labute approximate surface area is 220 Å². The Morgan fingerprint density at radius 1 is 0.919 bits per heavy atom. The number of fused-ring (bicyclic) bond motifs is 3. The summed E-state index contributed by atoms with van der Waals surface area (Å²) in [7, 11) is 0. The van der Waals surface area contributed by atoms with Crippen LogP contribution in [0, 0.1) is 59.7 Å². The first kappa shape index (κ1) is 24.2. The summed E-state index contributed by atoms with van der Waals surface area (Å²) in [5.74, 6) is 0.470. The van der Waals surface area contributed by atoms with Gasteiger partial charge in [0.1, 0.15) is 12.1 Å². The number of benzene rings is 2. The van der Waals surface area contributed by atoms with Crippen molar-refractivity contribution in [2.24, 2.45) is 28.3 Å². The molecule has 0 radical (unpaired) electrons. The molecular formula is C31H35N5O. The molecule has 2 saturated heterocycles. The van der Waals surface area contributed by atoms with Gasteiger partial charge in [-0.2, -0.15) is 15.6 Å². The maximum atomic E-state index is 10.9. The van der Waals surface area contributed by atoms with E-state index in [-0.39, 0.29) is 29.2 Å². The van der Waals surface area contributed by atoms with Gasteiger partial charge in [0.25, 0.3) is 0 Å². The van der Waals surface area contributed by atoms with Crippen molar-refractivity contribution in [3.63, 3.8) is 0 Å². The van der Waals surface area contributed by atoms with E-state index in [0.29, 0.717) is 26.3 Å². The Morgan fingerprint density at radius 3 is 2.05 bits per heavy atom. The molecule has 6 nitrogen and oxygen atoms in total. The van der Waals surface area contributed by atoms with E-state index >= 15 is 0 Å². The Hall–Kier alpha value is -3.19. The molecule has 2 aromatic carbocycles. The summed E-state index contributed by atoms with van der Waals surface area (Å²) in [4.78, 5) is 2.32. The molecule has 0 spiro atoms. The minimum atomic E-state index is -1.42. The standard InChI is InChI=1S/C31H35N5O/c1-20-6-10-23(11-7-20)26-25-27(29(25,4)5)31(24-12-8-21(2)9-13-24)22(3)28(35-14-16-37-17-15-35)30(18-32,19-33)36(31)34-26/h6-13,22,25,27-28H,14-17H2,1-5H3/t22-,25-,27+,28+,31-/m1/s1. The van der Waals surface area contributed by atoms with E-state index in [1.54, 1.807) is 0 Å². The van der Waals surface area contributed by atoms with Gasteiger partial charge in [-0.1, -0.05) is 80.4 Å². The van der Waals surface area contributed by atoms with Gasteiger partial charge >= 0.3 is 0 Å². The van der Waals surface area contributed by atoms with Gasteiger partial charge in [0.05, 0.1) is 30.5 Å². The fourth-order valence-electron chi connectivity index (χ4n) is 7.96. The molecule has 0 N–H and O–H groups in total. The normalized spacial score (nSPS) is 33.5. The van der Waals surface area contributed by atoms with Crippen LogP contribution >= 0.6 is 0 Å². The molecule has 5 atom stereocenters. The number of nitriles is 2. The largest absolute Gasteiger partial charge is 0.379 e. The second-order valence-electron chi connectivity index (χ2n) is 12.0. The van der Waals surface area contributed by atoms with Crippen molar-refractivity contribution in [2.45, 2.75) is 51.7 Å². The van der Waals surface area contributed by atoms with Crippen molar-refractivity contribution in [3.8, 4) is 12.1 Å². The molecule has 0 unspecified atom stereocenters. The Morgan fingerprint density at radius 2 is 1.49 bits per heavy atom. The van der Waals surface area contributed by atoms with Crippen LogP contribution in [0.15, 0.2) is 53.6 Å². The molecule has 190 valence electrons. The molecule has 37 heavy (non-hydrogen) atoms. The van der Waals surface area contributed by atoms with Gasteiger partial charge in [-0.3, -0.25) is 9.91 Å². The van der Waals surface area contributed by atoms with E-state index < -0.39 is 11.1 Å². The van der Waals surface area contributed by atoms with Gasteiger partial charge in [0.2, 0.25) is 5.54 Å². The van der Waals surface area contributed by atoms with E-state index in [1.807, 2.05) is 5.01 Å². The number of ether oxygens (including phenoxy) is 1. The first-order valence-corrected chi connectivity index (χ1v) is 13.4. The Bertz CT molecular complexity index is 1310. The number of hydrogen-bond donors (Lipinski definition) is 0. The molecule has 6 heteroatoms. The lowest BCUT2D eigenvalue weighted by Gasteiger charge is -2.46. The minimum Gasteiger partial charge on any atom is -0.379 e. The van der Waals surface area contributed by atoms with Crippen LogP contribution in [-0.4, -0.2) is 53.5 Å². The van der Waals surface area contributed by atoms with Crippen molar-refractivity contribution in [2.75, 3.05) is 26.3 Å². The highest BCUT2D eigenvalue weighted by Crippen LogP contribution is 2.75. The van der Waals surface area contributed by atoms with Gasteiger partial charge < -0.3 is 4.74 Å². The molecular weight excluding hydrogens is 458 g/mol. The number of hydrogen-bond acceptors (Lipinski definition) is 6. The average molecular weight is 494 g/mol. The zero-order chi connectivity index (χ0) is 26.2. The molecule has 0 amide bonds. The zero-order valence-corrected chi connectivity index (χ0v) is 22.4. The van der Waals surface area contributed by atoms with E-state index in [0.717, 1.165) is 16.8 Å². The molecule has 3 fully saturated rings. The smallest absolute Gasteiger partial charge is 0.246 e. The SMILES string of the molecule is Cc1ccc(C2=NN3C(C#N)(C#N)[C@@H](N4CCOCC4)[C@@H](C)[C@@]3(c3ccc(C)cc3)[C@H]3[C@@H]2C3(C)C)cc1. The Kier molecular flexibility index (Phi) is 5.33. The molecule has 1 saturated carbocycles. The summed E-state index contributed by atoms with van der Waals surface area (Å²) in [5, 5.41) is 29.1. The summed E-state index contributed by atoms with van der Waals surface area (Å²) >= 11 is 0. The van der Waals surface area contributed by atoms with Crippen LogP contribution < -0.4 is 0 Å². The molecule has 4 aliphatic rings. The summed E-state index contributed by atoms with van der Waals surface area (Å²) in [6, 6.07) is 22.0. The van der Waals surface area contributed by atoms with E-state index in [2.05, 4.69) is 100 Å². The lowest BCUT2D eigenvalue weighted by Crippen LogP contribution is -2.58. The fraction of sp³-hybridized carbons (Fsp3) is 0.516. The van der Waals surface area contributed by atoms with Gasteiger partial charge in [-0.25, -0.2) is 0 Å². The number of aryl methyl sites for hydroxylation is 2. The summed E-state index contributed by atoms with van der Waals surface area (Å²) < 4.78 is 5.67. The van der Waals surface area contributed by atoms with Gasteiger partial charge in [-0.05, 0) is 30.4 Å². The van der Waals surface area contributed by atoms with Crippen molar-refractivity contribution in [3.05, 3.63) is 70.8 Å². The Balaban J connectivity index is 1.64. The summed E-state index contributed by atoms with van der Waals surface area (Å²) in [6.07, 6.45) is 0. The molecule has 1 aliphatic carbocycles. The van der Waals surface area contributed by atoms with Crippen molar-refractivity contribution in [1.29, 1.82) is 10.5 Å². The first-order valence-electron chi connectivity index (χ1n) is 13.4. The third-order valence-corrected chi connectivity index (χ3v) is 9.73. The van der Waals surface area contributed by atoms with E-state index in [4.69, 9.17) is 9.84 Å². The highest BCUT2D eigenvalue weighted by molar-refractivity contribution is 6.05. The zero-order valence-electron chi connectivity index (χ0n) is 22.4. The van der Waals surface area contributed by atoms with Gasteiger partial charge in [0, 0.05) is 30.8 Å². The van der Waals surface area contributed by atoms with Crippen LogP contribution in [0.5, 0.6) is 0 Å². The predicted octanol–water partition coefficient (Wildman–Crippen LogP) is 4.63. The second kappa shape index (κ2) is 8.15. The molecule has 0 bridgehead atoms. The molecule has 2 aromatic rings. The number of hydrazone groups is 1. The third kappa shape index (κ3) is 3.06. The lowest BCUT2D eigenvalue weighted by atomic mass is 9.71. The van der Waals surface area contributed by atoms with Crippen LogP contribution in [0.4, 0.5) is 0 Å². The maximum absolute atomic E-state index is 10.9. The van der Waals surface area contributed by atoms with E-state index in [1.165, 1.54) is 11.1 Å². The number of rotatable bonds is 3. The second-order valence-corrected chi connectivity index (χ2v) is 12.0. The topological polar surface area (TPSA) is 75.7 Å². The van der Waals surface area contributed by atoms with Crippen molar-refractivity contribution < 1.29 is 4.74 Å². The van der Waals surface area contributed by atoms with Crippen molar-refractivity contribution >= 4 is 5.71 Å². The summed E-state index contributed by atoms with van der Waals surface area (Å²) in [5.41, 5.74) is 3.62. The number of morpholine rings is 1. The van der Waals surface area contributed by atoms with Gasteiger partial charge in [-0.15, -0.1) is 0 Å². The van der Waals surface area contributed by atoms with Gasteiger partial charge in [0.15, 0.2) is 0 Å². The number of nitrogens with zero attached hydrogens (tertiary/aromatic N) is 5. The highest BCUT2D eigenvalue weighted by atomic mass is 16.5. The minimum absolute atomic E-state index is 0.00481. The van der Waals surface area contributed by atoms with Crippen LogP contribution in [0.1, 0.15) is 43.0 Å². The van der Waals surface area contributed by atoms with Crippen LogP contribution in [-0.2, 0) is 10.3 Å². The molecule has 3 aliphatic heterocycles. The molecule has 6 rings (SSSR count). The van der Waals surface area contributed by atoms with Crippen LogP contribution in [0.3, 0.4) is 0 Å². The van der Waals surface area contributed by atoms with Crippen LogP contribution in [0.25, 0.3) is 0 Å². The fourth-order valence-corrected chi connectivity index (χ4v) is 7.96.